The van der Waals surface area contributed by atoms with Gasteiger partial charge in [-0.15, -0.1) is 0 Å². The quantitative estimate of drug-likeness (QED) is 0.767. The minimum absolute atomic E-state index is 0.0337. The molecule has 0 bridgehead atoms. The molecule has 0 radical (unpaired) electrons. The van der Waals surface area contributed by atoms with Gasteiger partial charge in [-0.1, -0.05) is 44.9 Å². The summed E-state index contributed by atoms with van der Waals surface area (Å²) >= 11 is 6.19. The number of nitrogens with two attached hydrogens (primary N) is 1. The second-order valence-corrected chi connectivity index (χ2v) is 6.05. The molecule has 0 spiro atoms. The van der Waals surface area contributed by atoms with E-state index in [2.05, 4.69) is 32.2 Å². The summed E-state index contributed by atoms with van der Waals surface area (Å²) in [6.45, 7) is 9.35. The summed E-state index contributed by atoms with van der Waals surface area (Å²) in [4.78, 5) is 0. The Hall–Kier alpha value is -0.730. The zero-order valence-corrected chi connectivity index (χ0v) is 13.3. The molecule has 0 aromatic heterocycles. The molecule has 2 atom stereocenters. The molecular formula is C16H27ClN2. The zero-order valence-electron chi connectivity index (χ0n) is 12.6. The van der Waals surface area contributed by atoms with Gasteiger partial charge in [0.2, 0.25) is 0 Å². The van der Waals surface area contributed by atoms with E-state index >= 15 is 0 Å². The molecule has 0 aliphatic carbocycles. The normalized spacial score (nSPS) is 15.9. The Morgan fingerprint density at radius 3 is 2.53 bits per heavy atom. The van der Waals surface area contributed by atoms with Gasteiger partial charge in [-0.25, -0.2) is 0 Å². The third-order valence-corrected chi connectivity index (χ3v) is 4.49. The van der Waals surface area contributed by atoms with Gasteiger partial charge < -0.3 is 11.1 Å². The molecule has 1 rings (SSSR count). The number of anilines is 1. The molecule has 0 aliphatic rings. The molecule has 0 saturated heterocycles. The maximum absolute atomic E-state index is 6.19. The van der Waals surface area contributed by atoms with Crippen molar-refractivity contribution in [1.82, 2.24) is 0 Å². The molecule has 2 unspecified atom stereocenters. The predicted octanol–water partition coefficient (Wildman–Crippen LogP) is 4.60. The van der Waals surface area contributed by atoms with Crippen molar-refractivity contribution in [2.75, 3.05) is 11.9 Å². The second kappa shape index (κ2) is 7.16. The molecule has 0 amide bonds. The van der Waals surface area contributed by atoms with Crippen molar-refractivity contribution < 1.29 is 0 Å². The van der Waals surface area contributed by atoms with Gasteiger partial charge in [-0.2, -0.15) is 0 Å². The topological polar surface area (TPSA) is 38.0 Å². The molecule has 1 aromatic rings. The third kappa shape index (κ3) is 4.39. The van der Waals surface area contributed by atoms with Gasteiger partial charge in [-0.3, -0.25) is 0 Å². The summed E-state index contributed by atoms with van der Waals surface area (Å²) in [7, 11) is 0. The molecule has 19 heavy (non-hydrogen) atoms. The van der Waals surface area contributed by atoms with Gasteiger partial charge in [0.05, 0.1) is 0 Å². The Labute approximate surface area is 122 Å². The van der Waals surface area contributed by atoms with Gasteiger partial charge in [0, 0.05) is 22.8 Å². The molecule has 2 nitrogen and oxygen atoms in total. The highest BCUT2D eigenvalue weighted by atomic mass is 35.5. The fraction of sp³-hybridized carbons (Fsp3) is 0.625. The highest BCUT2D eigenvalue weighted by Gasteiger charge is 2.28. The van der Waals surface area contributed by atoms with E-state index in [-0.39, 0.29) is 5.54 Å². The lowest BCUT2D eigenvalue weighted by atomic mass is 9.84. The van der Waals surface area contributed by atoms with Crippen LogP contribution in [0.1, 0.15) is 45.6 Å². The monoisotopic (exact) mass is 282 g/mol. The average Bonchev–Trinajstić information content (AvgIpc) is 2.42. The fourth-order valence-electron chi connectivity index (χ4n) is 2.35. The van der Waals surface area contributed by atoms with Gasteiger partial charge in [0.25, 0.3) is 0 Å². The van der Waals surface area contributed by atoms with E-state index in [4.69, 9.17) is 17.3 Å². The lowest BCUT2D eigenvalue weighted by Gasteiger charge is -2.36. The van der Waals surface area contributed by atoms with Crippen LogP contribution in [-0.4, -0.2) is 12.1 Å². The van der Waals surface area contributed by atoms with Crippen molar-refractivity contribution in [3.05, 3.63) is 28.8 Å². The molecule has 0 aliphatic heterocycles. The van der Waals surface area contributed by atoms with Crippen LogP contribution in [0.2, 0.25) is 5.02 Å². The van der Waals surface area contributed by atoms with E-state index in [1.807, 2.05) is 19.1 Å². The highest BCUT2D eigenvalue weighted by Crippen LogP contribution is 2.28. The number of rotatable bonds is 7. The fourth-order valence-corrected chi connectivity index (χ4v) is 2.53. The molecule has 3 N–H and O–H groups in total. The minimum Gasteiger partial charge on any atom is -0.378 e. The summed E-state index contributed by atoms with van der Waals surface area (Å²) in [6, 6.07) is 6.12. The second-order valence-electron chi connectivity index (χ2n) is 5.64. The van der Waals surface area contributed by atoms with Crippen molar-refractivity contribution in [1.29, 1.82) is 0 Å². The van der Waals surface area contributed by atoms with Crippen molar-refractivity contribution in [3.8, 4) is 0 Å². The summed E-state index contributed by atoms with van der Waals surface area (Å²) in [6.07, 6.45) is 3.28. The van der Waals surface area contributed by atoms with Crippen LogP contribution in [0, 0.1) is 12.8 Å². The number of nitrogens with one attached hydrogen (secondary N) is 1. The first-order valence-corrected chi connectivity index (χ1v) is 7.58. The SMILES string of the molecule is CCC(C)CC(CC)(CN)Nc1ccc(C)c(Cl)c1. The molecule has 0 saturated carbocycles. The maximum Gasteiger partial charge on any atom is 0.0495 e. The van der Waals surface area contributed by atoms with E-state index < -0.39 is 0 Å². The molecule has 0 fully saturated rings. The van der Waals surface area contributed by atoms with Crippen LogP contribution >= 0.6 is 11.6 Å². The lowest BCUT2D eigenvalue weighted by molar-refractivity contribution is 0.346. The standard InChI is InChI=1S/C16H27ClN2/c1-5-12(3)10-16(6-2,11-18)19-14-8-7-13(4)15(17)9-14/h7-9,12,19H,5-6,10-11,18H2,1-4H3. The molecule has 0 heterocycles. The highest BCUT2D eigenvalue weighted by molar-refractivity contribution is 6.31. The molecule has 108 valence electrons. The first-order chi connectivity index (χ1) is 8.96. The Balaban J connectivity index is 2.90. The van der Waals surface area contributed by atoms with Crippen LogP contribution in [0.15, 0.2) is 18.2 Å². The van der Waals surface area contributed by atoms with Gasteiger partial charge in [0.1, 0.15) is 0 Å². The number of halogens is 1. The Morgan fingerprint density at radius 2 is 2.05 bits per heavy atom. The summed E-state index contributed by atoms with van der Waals surface area (Å²) in [5, 5.41) is 4.42. The van der Waals surface area contributed by atoms with E-state index in [0.29, 0.717) is 12.5 Å². The smallest absolute Gasteiger partial charge is 0.0495 e. The van der Waals surface area contributed by atoms with E-state index in [9.17, 15) is 0 Å². The van der Waals surface area contributed by atoms with Gasteiger partial charge in [-0.05, 0) is 43.4 Å². The van der Waals surface area contributed by atoms with Crippen molar-refractivity contribution in [2.45, 2.75) is 52.5 Å². The Morgan fingerprint density at radius 1 is 1.37 bits per heavy atom. The molecule has 3 heteroatoms. The van der Waals surface area contributed by atoms with Crippen LogP contribution in [0.5, 0.6) is 0 Å². The number of hydrogen-bond acceptors (Lipinski definition) is 2. The summed E-state index contributed by atoms with van der Waals surface area (Å²) in [5.74, 6) is 0.664. The predicted molar refractivity (Wildman–Crippen MR) is 86.0 cm³/mol. The Kier molecular flexibility index (Phi) is 6.15. The summed E-state index contributed by atoms with van der Waals surface area (Å²) < 4.78 is 0. The van der Waals surface area contributed by atoms with Crippen LogP contribution < -0.4 is 11.1 Å². The van der Waals surface area contributed by atoms with Crippen LogP contribution in [0.4, 0.5) is 5.69 Å². The Bertz CT molecular complexity index is 400. The molecular weight excluding hydrogens is 256 g/mol. The van der Waals surface area contributed by atoms with Crippen molar-refractivity contribution in [3.63, 3.8) is 0 Å². The van der Waals surface area contributed by atoms with Gasteiger partial charge in [0.15, 0.2) is 0 Å². The zero-order chi connectivity index (χ0) is 14.5. The first kappa shape index (κ1) is 16.3. The van der Waals surface area contributed by atoms with Crippen LogP contribution in [0.3, 0.4) is 0 Å². The average molecular weight is 283 g/mol. The van der Waals surface area contributed by atoms with E-state index in [0.717, 1.165) is 29.1 Å². The number of benzene rings is 1. The number of aryl methyl sites for hydroxylation is 1. The van der Waals surface area contributed by atoms with Crippen LogP contribution in [0.25, 0.3) is 0 Å². The van der Waals surface area contributed by atoms with Gasteiger partial charge >= 0.3 is 0 Å². The van der Waals surface area contributed by atoms with Crippen LogP contribution in [-0.2, 0) is 0 Å². The summed E-state index contributed by atoms with van der Waals surface area (Å²) in [5.41, 5.74) is 8.17. The lowest BCUT2D eigenvalue weighted by Crippen LogP contribution is -2.46. The minimum atomic E-state index is -0.0337. The van der Waals surface area contributed by atoms with E-state index in [1.54, 1.807) is 0 Å². The van der Waals surface area contributed by atoms with Crippen molar-refractivity contribution in [2.24, 2.45) is 11.7 Å². The third-order valence-electron chi connectivity index (χ3n) is 4.08. The van der Waals surface area contributed by atoms with E-state index in [1.165, 1.54) is 6.42 Å². The maximum atomic E-state index is 6.19. The largest absolute Gasteiger partial charge is 0.378 e. The first-order valence-electron chi connectivity index (χ1n) is 7.20. The van der Waals surface area contributed by atoms with Crippen molar-refractivity contribution >= 4 is 17.3 Å². The number of hydrogen-bond donors (Lipinski definition) is 2. The molecule has 1 aromatic carbocycles.